The van der Waals surface area contributed by atoms with Gasteiger partial charge in [0.25, 0.3) is 0 Å². The number of thiazole rings is 1. The molecule has 1 saturated heterocycles. The highest BCUT2D eigenvalue weighted by Gasteiger charge is 2.53. The molecule has 0 saturated carbocycles. The van der Waals surface area contributed by atoms with E-state index in [1.807, 2.05) is 57.5 Å². The fraction of sp³-hybridized carbons (Fsp3) is 0.400. The Bertz CT molecular complexity index is 638. The Morgan fingerprint density at radius 1 is 1.05 bits per heavy atom. The minimum absolute atomic E-state index is 0.363. The second-order valence-electron chi connectivity index (χ2n) is 6.16. The molecule has 0 atom stereocenters. The maximum atomic E-state index is 6.09. The zero-order valence-electron chi connectivity index (χ0n) is 12.5. The molecular weight excluding hydrogens is 305 g/mol. The third-order valence-corrected chi connectivity index (χ3v) is 5.32. The molecule has 0 radical (unpaired) electrons. The van der Waals surface area contributed by atoms with Crippen molar-refractivity contribution < 1.29 is 9.31 Å². The summed E-state index contributed by atoms with van der Waals surface area (Å²) in [6.45, 7) is 8.17. The first-order valence-corrected chi connectivity index (χ1v) is 8.11. The van der Waals surface area contributed by atoms with Gasteiger partial charge in [0, 0.05) is 5.02 Å². The molecule has 3 rings (SSSR count). The van der Waals surface area contributed by atoms with E-state index in [-0.39, 0.29) is 11.2 Å². The molecule has 1 aromatic carbocycles. The average molecular weight is 322 g/mol. The Balaban J connectivity index is 1.96. The van der Waals surface area contributed by atoms with Crippen LogP contribution >= 0.6 is 22.9 Å². The fourth-order valence-electron chi connectivity index (χ4n) is 2.19. The lowest BCUT2D eigenvalue weighted by atomic mass is 9.82. The van der Waals surface area contributed by atoms with Gasteiger partial charge in [-0.15, -0.1) is 11.3 Å². The molecule has 0 bridgehead atoms. The van der Waals surface area contributed by atoms with E-state index in [0.29, 0.717) is 0 Å². The van der Waals surface area contributed by atoms with Crippen molar-refractivity contribution in [3.05, 3.63) is 34.8 Å². The van der Waals surface area contributed by atoms with Gasteiger partial charge >= 0.3 is 7.12 Å². The summed E-state index contributed by atoms with van der Waals surface area (Å²) in [7, 11) is -0.438. The first-order chi connectivity index (χ1) is 9.80. The number of rotatable bonds is 2. The number of hydrogen-bond acceptors (Lipinski definition) is 4. The average Bonchev–Trinajstić information content (AvgIpc) is 2.94. The van der Waals surface area contributed by atoms with Gasteiger partial charge in [-0.05, 0) is 45.4 Å². The molecule has 0 spiro atoms. The maximum Gasteiger partial charge on any atom is 0.516 e. The van der Waals surface area contributed by atoms with Crippen LogP contribution < -0.4 is 5.59 Å². The molecular formula is C15H17BClNO2S. The van der Waals surface area contributed by atoms with Crippen LogP contribution in [0.2, 0.25) is 5.02 Å². The highest BCUT2D eigenvalue weighted by atomic mass is 35.5. The third kappa shape index (κ3) is 2.64. The Morgan fingerprint density at radius 2 is 1.62 bits per heavy atom. The summed E-state index contributed by atoms with van der Waals surface area (Å²) in [6.07, 6.45) is 0. The molecule has 3 nitrogen and oxygen atoms in total. The van der Waals surface area contributed by atoms with Crippen molar-refractivity contribution >= 4 is 35.6 Å². The number of benzene rings is 1. The second-order valence-corrected chi connectivity index (χ2v) is 7.45. The van der Waals surface area contributed by atoms with E-state index in [2.05, 4.69) is 4.98 Å². The summed E-state index contributed by atoms with van der Waals surface area (Å²) in [6, 6.07) is 7.74. The van der Waals surface area contributed by atoms with Crippen LogP contribution in [0.15, 0.2) is 29.8 Å². The van der Waals surface area contributed by atoms with E-state index in [0.717, 1.165) is 21.1 Å². The molecule has 6 heteroatoms. The van der Waals surface area contributed by atoms with Gasteiger partial charge in [0.2, 0.25) is 0 Å². The minimum atomic E-state index is -0.438. The first-order valence-electron chi connectivity index (χ1n) is 6.85. The maximum absolute atomic E-state index is 6.09. The van der Waals surface area contributed by atoms with Crippen LogP contribution in [0.25, 0.3) is 10.4 Å². The summed E-state index contributed by atoms with van der Waals surface area (Å²) >= 11 is 7.53. The number of nitrogens with zero attached hydrogens (tertiary/aromatic N) is 1. The van der Waals surface area contributed by atoms with Crippen molar-refractivity contribution in [3.8, 4) is 10.4 Å². The molecule has 0 N–H and O–H groups in total. The van der Waals surface area contributed by atoms with E-state index >= 15 is 0 Å². The second kappa shape index (κ2) is 5.09. The van der Waals surface area contributed by atoms with Crippen molar-refractivity contribution in [3.63, 3.8) is 0 Å². The normalized spacial score (nSPS) is 20.0. The zero-order chi connectivity index (χ0) is 15.3. The molecule has 0 unspecified atom stereocenters. The van der Waals surface area contributed by atoms with Crippen LogP contribution in [0.5, 0.6) is 0 Å². The minimum Gasteiger partial charge on any atom is -0.398 e. The highest BCUT2D eigenvalue weighted by Crippen LogP contribution is 2.37. The predicted molar refractivity (Wildman–Crippen MR) is 88.3 cm³/mol. The lowest BCUT2D eigenvalue weighted by Crippen LogP contribution is -2.41. The summed E-state index contributed by atoms with van der Waals surface area (Å²) in [5.74, 6) is 0. The van der Waals surface area contributed by atoms with Crippen molar-refractivity contribution in [1.29, 1.82) is 0 Å². The Morgan fingerprint density at radius 3 is 2.19 bits per heavy atom. The lowest BCUT2D eigenvalue weighted by Gasteiger charge is -2.32. The van der Waals surface area contributed by atoms with Gasteiger partial charge in [-0.2, -0.15) is 0 Å². The van der Waals surface area contributed by atoms with Gasteiger partial charge in [0.05, 0.1) is 27.2 Å². The smallest absolute Gasteiger partial charge is 0.398 e. The van der Waals surface area contributed by atoms with Crippen LogP contribution in [0, 0.1) is 0 Å². The number of halogens is 1. The van der Waals surface area contributed by atoms with E-state index in [9.17, 15) is 0 Å². The van der Waals surface area contributed by atoms with Gasteiger partial charge in [0.15, 0.2) is 0 Å². The van der Waals surface area contributed by atoms with Gasteiger partial charge in [-0.1, -0.05) is 23.7 Å². The van der Waals surface area contributed by atoms with Crippen LogP contribution in [0.1, 0.15) is 27.7 Å². The van der Waals surface area contributed by atoms with E-state index < -0.39 is 7.12 Å². The van der Waals surface area contributed by atoms with Gasteiger partial charge in [-0.3, -0.25) is 4.98 Å². The van der Waals surface area contributed by atoms with Crippen molar-refractivity contribution in [2.45, 2.75) is 38.9 Å². The molecule has 0 amide bonds. The monoisotopic (exact) mass is 321 g/mol. The predicted octanol–water partition coefficient (Wildman–Crippen LogP) is 3.76. The number of aromatic nitrogens is 1. The summed E-state index contributed by atoms with van der Waals surface area (Å²) in [5, 5.41) is 0.723. The van der Waals surface area contributed by atoms with Gasteiger partial charge in [0.1, 0.15) is 0 Å². The van der Waals surface area contributed by atoms with Crippen molar-refractivity contribution in [2.24, 2.45) is 0 Å². The van der Waals surface area contributed by atoms with Crippen LogP contribution in [-0.2, 0) is 9.31 Å². The van der Waals surface area contributed by atoms with Crippen LogP contribution in [-0.4, -0.2) is 23.3 Å². The molecule has 2 heterocycles. The van der Waals surface area contributed by atoms with E-state index in [1.54, 1.807) is 11.3 Å². The van der Waals surface area contributed by atoms with E-state index in [4.69, 9.17) is 20.9 Å². The molecule has 1 aliphatic heterocycles. The molecule has 21 heavy (non-hydrogen) atoms. The third-order valence-electron chi connectivity index (χ3n) is 4.18. The molecule has 110 valence electrons. The Labute approximate surface area is 134 Å². The van der Waals surface area contributed by atoms with Crippen LogP contribution in [0.4, 0.5) is 0 Å². The topological polar surface area (TPSA) is 31.4 Å². The van der Waals surface area contributed by atoms with Crippen LogP contribution in [0.3, 0.4) is 0 Å². The van der Waals surface area contributed by atoms with E-state index in [1.165, 1.54) is 0 Å². The molecule has 0 aliphatic carbocycles. The fourth-order valence-corrected chi connectivity index (χ4v) is 3.13. The van der Waals surface area contributed by atoms with Gasteiger partial charge in [-0.25, -0.2) is 0 Å². The largest absolute Gasteiger partial charge is 0.516 e. The lowest BCUT2D eigenvalue weighted by molar-refractivity contribution is 0.00578. The molecule has 2 aromatic rings. The summed E-state index contributed by atoms with van der Waals surface area (Å²) in [4.78, 5) is 5.52. The SMILES string of the molecule is CC1(C)OB(c2ncsc2-c2ccc(Cl)cc2)OC1(C)C. The molecule has 1 aliphatic rings. The van der Waals surface area contributed by atoms with Crippen molar-refractivity contribution in [2.75, 3.05) is 0 Å². The first kappa shape index (κ1) is 15.0. The molecule has 1 fully saturated rings. The zero-order valence-corrected chi connectivity index (χ0v) is 14.1. The molecule has 1 aromatic heterocycles. The van der Waals surface area contributed by atoms with Gasteiger partial charge < -0.3 is 9.31 Å². The standard InChI is InChI=1S/C15H17BClNO2S/c1-14(2)15(3,4)20-16(19-14)13-12(21-9-18-13)10-5-7-11(17)8-6-10/h5-9H,1-4H3. The Kier molecular flexibility index (Phi) is 3.65. The number of hydrogen-bond donors (Lipinski definition) is 0. The summed E-state index contributed by atoms with van der Waals surface area (Å²) in [5.41, 5.74) is 3.01. The summed E-state index contributed by atoms with van der Waals surface area (Å²) < 4.78 is 12.2. The quantitative estimate of drug-likeness (QED) is 0.789. The van der Waals surface area contributed by atoms with Crippen molar-refractivity contribution in [1.82, 2.24) is 4.98 Å². The highest BCUT2D eigenvalue weighted by molar-refractivity contribution is 7.14. The Hall–Kier alpha value is -0.875.